The van der Waals surface area contributed by atoms with Gasteiger partial charge in [-0.2, -0.15) is 5.26 Å². The highest BCUT2D eigenvalue weighted by Crippen LogP contribution is 2.48. The molecule has 0 spiro atoms. The molecular weight excluding hydrogens is 611 g/mol. The Morgan fingerprint density at radius 1 is 0.644 bits per heavy atom. The fraction of sp³-hybridized carbons (Fsp3) is 0.0263. The number of hydrogen-bond donors (Lipinski definition) is 2. The third kappa shape index (κ3) is 5.01. The van der Waals surface area contributed by atoms with E-state index >= 15 is 0 Å². The van der Waals surface area contributed by atoms with Gasteiger partial charge >= 0.3 is 0 Å². The predicted octanol–water partition coefficient (Wildman–Crippen LogP) is 9.96. The van der Waals surface area contributed by atoms with Crippen molar-refractivity contribution in [3.63, 3.8) is 0 Å². The molecule has 0 saturated carbocycles. The number of anilines is 3. The van der Waals surface area contributed by atoms with Crippen LogP contribution in [0.1, 0.15) is 16.7 Å². The fourth-order valence-corrected chi connectivity index (χ4v) is 7.47. The zero-order chi connectivity index (χ0) is 30.9. The molecule has 1 aromatic heterocycles. The fourth-order valence-electron chi connectivity index (χ4n) is 6.38. The van der Waals surface area contributed by atoms with E-state index in [1.54, 1.807) is 24.3 Å². The second-order valence-corrected chi connectivity index (χ2v) is 12.2. The summed E-state index contributed by atoms with van der Waals surface area (Å²) in [5.41, 5.74) is 9.95. The number of rotatable bonds is 4. The minimum absolute atomic E-state index is 0.504. The van der Waals surface area contributed by atoms with Gasteiger partial charge in [0, 0.05) is 44.0 Å². The van der Waals surface area contributed by atoms with Gasteiger partial charge in [-0.05, 0) is 90.0 Å². The molecule has 0 radical (unpaired) electrons. The molecule has 0 saturated heterocycles. The van der Waals surface area contributed by atoms with Crippen LogP contribution in [0, 0.1) is 11.3 Å². The first-order valence-electron chi connectivity index (χ1n) is 14.4. The van der Waals surface area contributed by atoms with Crippen LogP contribution >= 0.6 is 23.3 Å². The third-order valence-electron chi connectivity index (χ3n) is 8.26. The zero-order valence-electron chi connectivity index (χ0n) is 24.0. The van der Waals surface area contributed by atoms with E-state index in [1.807, 2.05) is 24.3 Å². The lowest BCUT2D eigenvalue weighted by molar-refractivity contribution is 0.683. The van der Waals surface area contributed by atoms with Crippen molar-refractivity contribution >= 4 is 73.0 Å². The maximum Gasteiger partial charge on any atom is 0.0992 e. The van der Waals surface area contributed by atoms with Crippen molar-refractivity contribution in [3.05, 3.63) is 156 Å². The second kappa shape index (κ2) is 12.3. The Labute approximate surface area is 274 Å². The number of aromatic nitrogens is 1. The minimum Gasteiger partial charge on any atom is -0.310 e. The van der Waals surface area contributed by atoms with Crippen molar-refractivity contribution < 1.29 is 4.21 Å². The summed E-state index contributed by atoms with van der Waals surface area (Å²) in [5, 5.41) is 11.7. The molecule has 2 heterocycles. The number of nitriles is 1. The summed E-state index contributed by atoms with van der Waals surface area (Å²) in [7, 11) is -1.38. The summed E-state index contributed by atoms with van der Waals surface area (Å²) in [4.78, 5) is 3.70. The maximum atomic E-state index is 13.3. The Morgan fingerprint density at radius 2 is 1.38 bits per heavy atom. The molecule has 4 nitrogen and oxygen atoms in total. The maximum absolute atomic E-state index is 13.3. The van der Waals surface area contributed by atoms with Gasteiger partial charge < -0.3 is 9.47 Å². The van der Waals surface area contributed by atoms with Crippen LogP contribution < -0.4 is 4.90 Å². The molecule has 8 rings (SSSR count). The SMILES string of the molecule is N#Cc1cccc(S(=O)c2ccc(-n3c4ccccc4c4c5c(ccc43)N(c3ccccc3)c3ccccc3C5)cc2)c1.SS. The van der Waals surface area contributed by atoms with Crippen molar-refractivity contribution in [2.45, 2.75) is 16.2 Å². The third-order valence-corrected chi connectivity index (χ3v) is 9.65. The number of thiol groups is 2. The summed E-state index contributed by atoms with van der Waals surface area (Å²) in [6.45, 7) is 0. The molecule has 0 bridgehead atoms. The average molecular weight is 638 g/mol. The molecule has 7 heteroatoms. The lowest BCUT2D eigenvalue weighted by Gasteiger charge is -2.34. The van der Waals surface area contributed by atoms with Gasteiger partial charge in [-0.3, -0.25) is 0 Å². The summed E-state index contributed by atoms with van der Waals surface area (Å²) in [6, 6.07) is 49.4. The van der Waals surface area contributed by atoms with E-state index in [9.17, 15) is 9.47 Å². The number of nitrogens with zero attached hydrogens (tertiary/aromatic N) is 3. The van der Waals surface area contributed by atoms with Crippen molar-refractivity contribution in [1.82, 2.24) is 4.57 Å². The van der Waals surface area contributed by atoms with Gasteiger partial charge in [-0.1, -0.05) is 60.7 Å². The molecule has 0 N–H and O–H groups in total. The molecule has 0 aliphatic carbocycles. The molecule has 1 unspecified atom stereocenters. The van der Waals surface area contributed by atoms with Crippen LogP contribution in [0.3, 0.4) is 0 Å². The summed E-state index contributed by atoms with van der Waals surface area (Å²) in [6.07, 6.45) is 0.847. The molecule has 0 amide bonds. The summed E-state index contributed by atoms with van der Waals surface area (Å²) < 4.78 is 15.6. The van der Waals surface area contributed by atoms with Gasteiger partial charge in [-0.15, -0.1) is 23.3 Å². The van der Waals surface area contributed by atoms with Gasteiger partial charge in [0.1, 0.15) is 0 Å². The second-order valence-electron chi connectivity index (χ2n) is 10.7. The van der Waals surface area contributed by atoms with Gasteiger partial charge in [0.15, 0.2) is 0 Å². The van der Waals surface area contributed by atoms with Gasteiger partial charge in [-0.25, -0.2) is 4.21 Å². The number of hydrogen-bond acceptors (Lipinski definition) is 5. The van der Waals surface area contributed by atoms with Crippen LogP contribution in [-0.2, 0) is 17.2 Å². The molecule has 6 aromatic carbocycles. The monoisotopic (exact) mass is 637 g/mol. The van der Waals surface area contributed by atoms with Crippen molar-refractivity contribution in [1.29, 1.82) is 5.26 Å². The van der Waals surface area contributed by atoms with E-state index in [1.165, 1.54) is 33.3 Å². The zero-order valence-corrected chi connectivity index (χ0v) is 26.6. The predicted molar refractivity (Wildman–Crippen MR) is 192 cm³/mol. The Hall–Kier alpha value is -4.74. The van der Waals surface area contributed by atoms with Crippen molar-refractivity contribution in [2.75, 3.05) is 4.90 Å². The standard InChI is InChI=1S/C38H25N3OS.H2S2/c39-25-26-9-8-13-31(23-26)43(42)30-19-17-29(18-20-30)41-35-16-7-5-14-32(35)38-33-24-27-10-4-6-15-34(27)40(28-11-2-1-3-12-28)36(33)21-22-37(38)41;1-2/h1-23H,24H2;1-2H. The molecular formula is C38H27N3OS3. The van der Waals surface area contributed by atoms with Crippen LogP contribution in [-0.4, -0.2) is 8.78 Å². The van der Waals surface area contributed by atoms with Gasteiger partial charge in [0.2, 0.25) is 0 Å². The highest BCUT2D eigenvalue weighted by atomic mass is 33.1. The van der Waals surface area contributed by atoms with Crippen molar-refractivity contribution in [3.8, 4) is 11.8 Å². The average Bonchev–Trinajstić information content (AvgIpc) is 3.46. The normalized spacial score (nSPS) is 12.5. The first kappa shape index (κ1) is 29.0. The van der Waals surface area contributed by atoms with Crippen LogP contribution in [0.4, 0.5) is 17.1 Å². The molecule has 0 fully saturated rings. The number of fused-ring (bicyclic) bond motifs is 6. The Morgan fingerprint density at radius 3 is 2.18 bits per heavy atom. The molecule has 1 aliphatic heterocycles. The Kier molecular flexibility index (Phi) is 7.95. The minimum atomic E-state index is -1.38. The van der Waals surface area contributed by atoms with Crippen molar-refractivity contribution in [2.24, 2.45) is 0 Å². The lowest BCUT2D eigenvalue weighted by Crippen LogP contribution is -2.18. The first-order valence-corrected chi connectivity index (χ1v) is 17.2. The van der Waals surface area contributed by atoms with E-state index in [-0.39, 0.29) is 0 Å². The lowest BCUT2D eigenvalue weighted by atomic mass is 9.91. The van der Waals surface area contributed by atoms with E-state index in [0.29, 0.717) is 15.4 Å². The first-order chi connectivity index (χ1) is 22.2. The van der Waals surface area contributed by atoms with Crippen LogP contribution in [0.15, 0.2) is 149 Å². The number of benzene rings is 6. The highest BCUT2D eigenvalue weighted by Gasteiger charge is 2.27. The number of para-hydroxylation sites is 3. The molecule has 7 aromatic rings. The van der Waals surface area contributed by atoms with E-state index in [0.717, 1.165) is 28.8 Å². The van der Waals surface area contributed by atoms with E-state index in [4.69, 9.17) is 0 Å². The van der Waals surface area contributed by atoms with Gasteiger partial charge in [0.05, 0.1) is 39.2 Å². The molecule has 45 heavy (non-hydrogen) atoms. The smallest absolute Gasteiger partial charge is 0.0992 e. The van der Waals surface area contributed by atoms with E-state index < -0.39 is 10.8 Å². The topological polar surface area (TPSA) is 49.0 Å². The van der Waals surface area contributed by atoms with Gasteiger partial charge in [0.25, 0.3) is 0 Å². The molecule has 218 valence electrons. The highest BCUT2D eigenvalue weighted by molar-refractivity contribution is 8.59. The van der Waals surface area contributed by atoms with Crippen LogP contribution in [0.25, 0.3) is 27.5 Å². The summed E-state index contributed by atoms with van der Waals surface area (Å²) >= 11 is 6.44. The Bertz CT molecular complexity index is 2250. The molecule has 1 aliphatic rings. The largest absolute Gasteiger partial charge is 0.310 e. The quantitative estimate of drug-likeness (QED) is 0.149. The Balaban J connectivity index is 0.00000160. The molecule has 1 atom stereocenters. The van der Waals surface area contributed by atoms with Crippen LogP contribution in [0.5, 0.6) is 0 Å². The van der Waals surface area contributed by atoms with E-state index in [2.05, 4.69) is 130 Å². The summed E-state index contributed by atoms with van der Waals surface area (Å²) in [5.74, 6) is 0. The van der Waals surface area contributed by atoms with Crippen LogP contribution in [0.2, 0.25) is 0 Å².